The van der Waals surface area contributed by atoms with E-state index in [2.05, 4.69) is 4.98 Å². The first-order chi connectivity index (χ1) is 6.59. The second kappa shape index (κ2) is 4.05. The van der Waals surface area contributed by atoms with Crippen LogP contribution in [0.15, 0.2) is 18.3 Å². The summed E-state index contributed by atoms with van der Waals surface area (Å²) < 4.78 is 4.97. The molecule has 1 unspecified atom stereocenters. The third kappa shape index (κ3) is 2.42. The third-order valence-corrected chi connectivity index (χ3v) is 1.67. The first-order valence-electron chi connectivity index (χ1n) is 4.14. The molecule has 74 valence electrons. The summed E-state index contributed by atoms with van der Waals surface area (Å²) in [6, 6.07) is 5.03. The smallest absolute Gasteiger partial charge is 0.266 e. The van der Waals surface area contributed by atoms with Gasteiger partial charge in [0.25, 0.3) is 5.91 Å². The van der Waals surface area contributed by atoms with Gasteiger partial charge in [-0.05, 0) is 12.1 Å². The van der Waals surface area contributed by atoms with E-state index in [0.29, 0.717) is 0 Å². The summed E-state index contributed by atoms with van der Waals surface area (Å²) in [5, 5.41) is 18.1. The van der Waals surface area contributed by atoms with Crippen LogP contribution in [0.3, 0.4) is 0 Å². The topological polar surface area (TPSA) is 92.2 Å². The Morgan fingerprint density at radius 2 is 2.50 bits per heavy atom. The molecule has 1 atom stereocenters. The van der Waals surface area contributed by atoms with Crippen LogP contribution >= 0.6 is 0 Å². The fourth-order valence-corrected chi connectivity index (χ4v) is 0.797. The van der Waals surface area contributed by atoms with Gasteiger partial charge in [0.1, 0.15) is 11.6 Å². The Labute approximate surface area is 81.8 Å². The molecule has 0 bridgehead atoms. The molecule has 1 aromatic rings. The van der Waals surface area contributed by atoms with E-state index in [-0.39, 0.29) is 17.9 Å². The Morgan fingerprint density at radius 1 is 1.79 bits per heavy atom. The highest BCUT2D eigenvalue weighted by Crippen LogP contribution is 2.17. The van der Waals surface area contributed by atoms with Gasteiger partial charge in [-0.1, -0.05) is 6.92 Å². The average Bonchev–Trinajstić information content (AvgIpc) is 2.18. The molecule has 0 aliphatic rings. The number of ether oxygens (including phenoxy) is 1. The lowest BCUT2D eigenvalue weighted by molar-refractivity contribution is -0.136. The molecular weight excluding hydrogens is 182 g/mol. The minimum atomic E-state index is -1.78. The second-order valence-electron chi connectivity index (χ2n) is 2.77. The van der Waals surface area contributed by atoms with E-state index in [1.807, 2.05) is 6.07 Å². The molecule has 3 N–H and O–H groups in total. The van der Waals surface area contributed by atoms with Crippen LogP contribution in [-0.2, 0) is 0 Å². The molecule has 5 nitrogen and oxygen atoms in total. The molecule has 1 heterocycles. The molecule has 0 spiro atoms. The highest BCUT2D eigenvalue weighted by Gasteiger charge is 2.22. The maximum atomic E-state index is 9.40. The van der Waals surface area contributed by atoms with Crippen molar-refractivity contribution in [1.82, 2.24) is 4.98 Å². The van der Waals surface area contributed by atoms with Crippen LogP contribution in [0.5, 0.6) is 5.88 Å². The van der Waals surface area contributed by atoms with E-state index in [0.717, 1.165) is 0 Å². The lowest BCUT2D eigenvalue weighted by atomic mass is 10.3. The van der Waals surface area contributed by atoms with Crippen molar-refractivity contribution < 1.29 is 9.84 Å². The molecule has 0 aliphatic carbocycles. The molecule has 0 saturated heterocycles. The zero-order chi connectivity index (χ0) is 10.6. The average molecular weight is 193 g/mol. The van der Waals surface area contributed by atoms with E-state index >= 15 is 0 Å². The standard InChI is InChI=1S/C9H11N3O2/c1-2-9(11,13)14-8-7(6-10)4-3-5-12-8/h3-5,13H,2,11H2,1H3. The lowest BCUT2D eigenvalue weighted by Crippen LogP contribution is -2.45. The van der Waals surface area contributed by atoms with Gasteiger partial charge in [0.15, 0.2) is 0 Å². The van der Waals surface area contributed by atoms with Crippen molar-refractivity contribution in [1.29, 1.82) is 5.26 Å². The maximum absolute atomic E-state index is 9.40. The molecule has 1 aromatic heterocycles. The molecule has 0 aliphatic heterocycles. The number of pyridine rings is 1. The van der Waals surface area contributed by atoms with Crippen molar-refractivity contribution in [3.8, 4) is 11.9 Å². The minimum Gasteiger partial charge on any atom is -0.431 e. The van der Waals surface area contributed by atoms with Gasteiger partial charge in [0, 0.05) is 12.6 Å². The van der Waals surface area contributed by atoms with Crippen molar-refractivity contribution in [2.45, 2.75) is 19.3 Å². The molecule has 0 aromatic carbocycles. The summed E-state index contributed by atoms with van der Waals surface area (Å²) in [6.45, 7) is 1.66. The van der Waals surface area contributed by atoms with Gasteiger partial charge in [0.05, 0.1) is 0 Å². The molecule has 0 amide bonds. The van der Waals surface area contributed by atoms with E-state index in [1.165, 1.54) is 12.3 Å². The van der Waals surface area contributed by atoms with Gasteiger partial charge in [-0.25, -0.2) is 4.98 Å². The van der Waals surface area contributed by atoms with Crippen LogP contribution in [0.4, 0.5) is 0 Å². The first-order valence-corrected chi connectivity index (χ1v) is 4.14. The van der Waals surface area contributed by atoms with Crippen LogP contribution in [0.2, 0.25) is 0 Å². The van der Waals surface area contributed by atoms with E-state index in [4.69, 9.17) is 15.7 Å². The molecule has 5 heteroatoms. The number of hydrogen-bond donors (Lipinski definition) is 2. The van der Waals surface area contributed by atoms with Crippen LogP contribution in [-0.4, -0.2) is 16.0 Å². The second-order valence-corrected chi connectivity index (χ2v) is 2.77. The molecule has 0 fully saturated rings. The van der Waals surface area contributed by atoms with Gasteiger partial charge in [-0.2, -0.15) is 5.26 Å². The quantitative estimate of drug-likeness (QED) is 0.675. The summed E-state index contributed by atoms with van der Waals surface area (Å²) in [7, 11) is 0. The highest BCUT2D eigenvalue weighted by atomic mass is 16.6. The highest BCUT2D eigenvalue weighted by molar-refractivity contribution is 5.37. The summed E-state index contributed by atoms with van der Waals surface area (Å²) in [5.41, 5.74) is 5.60. The van der Waals surface area contributed by atoms with E-state index < -0.39 is 5.91 Å². The predicted molar refractivity (Wildman–Crippen MR) is 49.0 cm³/mol. The Morgan fingerprint density at radius 3 is 3.07 bits per heavy atom. The van der Waals surface area contributed by atoms with Crippen LogP contribution < -0.4 is 10.5 Å². The summed E-state index contributed by atoms with van der Waals surface area (Å²) in [4.78, 5) is 3.80. The molecular formula is C9H11N3O2. The van der Waals surface area contributed by atoms with E-state index in [9.17, 15) is 5.11 Å². The van der Waals surface area contributed by atoms with Gasteiger partial charge in [-0.3, -0.25) is 5.73 Å². The summed E-state index contributed by atoms with van der Waals surface area (Å²) in [5.74, 6) is -1.73. The van der Waals surface area contributed by atoms with Crippen LogP contribution in [0, 0.1) is 11.3 Å². The minimum absolute atomic E-state index is 0.0434. The predicted octanol–water partition coefficient (Wildman–Crippen LogP) is 0.347. The third-order valence-electron chi connectivity index (χ3n) is 1.67. The number of nitrogens with zero attached hydrogens (tertiary/aromatic N) is 2. The monoisotopic (exact) mass is 193 g/mol. The Kier molecular flexibility index (Phi) is 3.02. The fourth-order valence-electron chi connectivity index (χ4n) is 0.797. The lowest BCUT2D eigenvalue weighted by Gasteiger charge is -2.21. The van der Waals surface area contributed by atoms with Gasteiger partial charge < -0.3 is 9.84 Å². The van der Waals surface area contributed by atoms with Crippen LogP contribution in [0.25, 0.3) is 0 Å². The summed E-state index contributed by atoms with van der Waals surface area (Å²) >= 11 is 0. The van der Waals surface area contributed by atoms with Crippen molar-refractivity contribution in [2.24, 2.45) is 5.73 Å². The van der Waals surface area contributed by atoms with Crippen molar-refractivity contribution in [3.63, 3.8) is 0 Å². The normalized spacial score (nSPS) is 14.1. The number of aliphatic hydroxyl groups is 1. The number of nitrogens with two attached hydrogens (primary N) is 1. The molecule has 0 radical (unpaired) electrons. The maximum Gasteiger partial charge on any atom is 0.266 e. The zero-order valence-electron chi connectivity index (χ0n) is 7.77. The number of hydrogen-bond acceptors (Lipinski definition) is 5. The Bertz CT molecular complexity index is 357. The number of rotatable bonds is 3. The largest absolute Gasteiger partial charge is 0.431 e. The Hall–Kier alpha value is -1.64. The summed E-state index contributed by atoms with van der Waals surface area (Å²) in [6.07, 6.45) is 1.66. The zero-order valence-corrected chi connectivity index (χ0v) is 7.77. The Balaban J connectivity index is 2.92. The number of nitriles is 1. The SMILES string of the molecule is CCC(N)(O)Oc1ncccc1C#N. The van der Waals surface area contributed by atoms with Crippen LogP contribution in [0.1, 0.15) is 18.9 Å². The molecule has 0 saturated carbocycles. The van der Waals surface area contributed by atoms with Crippen molar-refractivity contribution in [3.05, 3.63) is 23.9 Å². The van der Waals surface area contributed by atoms with Gasteiger partial charge >= 0.3 is 0 Å². The molecule has 14 heavy (non-hydrogen) atoms. The number of aromatic nitrogens is 1. The van der Waals surface area contributed by atoms with Gasteiger partial charge in [0.2, 0.25) is 5.88 Å². The first kappa shape index (κ1) is 10.4. The van der Waals surface area contributed by atoms with Crippen molar-refractivity contribution in [2.75, 3.05) is 0 Å². The van der Waals surface area contributed by atoms with E-state index in [1.54, 1.807) is 13.0 Å². The van der Waals surface area contributed by atoms with Crippen molar-refractivity contribution >= 4 is 0 Å². The molecule has 1 rings (SSSR count). The fraction of sp³-hybridized carbons (Fsp3) is 0.333. The van der Waals surface area contributed by atoms with Gasteiger partial charge in [-0.15, -0.1) is 0 Å².